The molecule has 0 bridgehead atoms. The molecule has 0 saturated heterocycles. The Balaban J connectivity index is 1.56. The van der Waals surface area contributed by atoms with Gasteiger partial charge in [-0.2, -0.15) is 13.5 Å². The lowest BCUT2D eigenvalue weighted by molar-refractivity contribution is -0.137. The highest BCUT2D eigenvalue weighted by molar-refractivity contribution is 7.90. The van der Waals surface area contributed by atoms with Gasteiger partial charge >= 0.3 is 5.97 Å². The molecule has 202 valence electrons. The lowest BCUT2D eigenvalue weighted by Gasteiger charge is -2.15. The van der Waals surface area contributed by atoms with Gasteiger partial charge in [0.05, 0.1) is 23.8 Å². The molecular formula is C28H27ClN4O5S. The molecule has 4 rings (SSSR count). The van der Waals surface area contributed by atoms with Gasteiger partial charge in [0, 0.05) is 17.0 Å². The molecule has 1 heterocycles. The van der Waals surface area contributed by atoms with Crippen LogP contribution in [0.4, 0.5) is 0 Å². The molecule has 1 aliphatic heterocycles. The van der Waals surface area contributed by atoms with Gasteiger partial charge in [0.25, 0.3) is 10.0 Å². The summed E-state index contributed by atoms with van der Waals surface area (Å²) in [5.41, 5.74) is 8.67. The minimum absolute atomic E-state index is 0.0226. The number of nitrogens with zero attached hydrogens (tertiary/aromatic N) is 3. The molecule has 0 radical (unpaired) electrons. The van der Waals surface area contributed by atoms with Crippen LogP contribution in [0.3, 0.4) is 0 Å². The highest BCUT2D eigenvalue weighted by Gasteiger charge is 2.31. The number of sulfonamides is 1. The number of carbonyl (C=O) groups excluding carboxylic acids is 1. The van der Waals surface area contributed by atoms with Gasteiger partial charge in [-0.3, -0.25) is 0 Å². The number of hydrogen-bond acceptors (Lipinski definition) is 6. The van der Waals surface area contributed by atoms with Crippen molar-refractivity contribution in [3.63, 3.8) is 0 Å². The Morgan fingerprint density at radius 3 is 2.46 bits per heavy atom. The summed E-state index contributed by atoms with van der Waals surface area (Å²) in [7, 11) is -4.06. The minimum atomic E-state index is -4.06. The van der Waals surface area contributed by atoms with Crippen LogP contribution in [0.1, 0.15) is 24.0 Å². The molecule has 39 heavy (non-hydrogen) atoms. The molecule has 0 fully saturated rings. The lowest BCUT2D eigenvalue weighted by Crippen LogP contribution is -2.33. The second kappa shape index (κ2) is 12.6. The number of rotatable bonds is 9. The zero-order chi connectivity index (χ0) is 27.8. The first-order valence-corrected chi connectivity index (χ1v) is 13.9. The van der Waals surface area contributed by atoms with Gasteiger partial charge in [0.2, 0.25) is 5.96 Å². The number of ether oxygens (including phenoxy) is 2. The maximum absolute atomic E-state index is 12.8. The normalized spacial score (nSPS) is 15.8. The highest BCUT2D eigenvalue weighted by Crippen LogP contribution is 2.30. The Kier molecular flexibility index (Phi) is 9.00. The third-order valence-electron chi connectivity index (χ3n) is 5.74. The second-order valence-corrected chi connectivity index (χ2v) is 10.4. The van der Waals surface area contributed by atoms with Crippen LogP contribution in [0, 0.1) is 0 Å². The standard InChI is InChI=1S/C28H27ClN4O5S/c1-2-37-26(34)9-6-18-38-23-14-10-21(11-15-23)27-25(20-7-4-3-5-8-20)19-33(31-27)28(30)32-39(35,36)24-16-12-22(29)13-17-24/h3-17,25H,2,18-19H2,1H3,(H2,30,32)/b9-6-. The van der Waals surface area contributed by atoms with Crippen molar-refractivity contribution in [3.8, 4) is 5.75 Å². The summed E-state index contributed by atoms with van der Waals surface area (Å²) in [6.45, 7) is 2.56. The van der Waals surface area contributed by atoms with Crippen molar-refractivity contribution in [2.45, 2.75) is 17.7 Å². The Morgan fingerprint density at radius 2 is 1.79 bits per heavy atom. The van der Waals surface area contributed by atoms with Crippen LogP contribution in [-0.2, 0) is 19.6 Å². The fourth-order valence-electron chi connectivity index (χ4n) is 3.88. The summed E-state index contributed by atoms with van der Waals surface area (Å²) in [4.78, 5) is 11.4. The molecule has 1 aliphatic rings. The van der Waals surface area contributed by atoms with Crippen LogP contribution in [0.25, 0.3) is 0 Å². The minimum Gasteiger partial charge on any atom is -0.490 e. The van der Waals surface area contributed by atoms with E-state index in [-0.39, 0.29) is 23.4 Å². The third kappa shape index (κ3) is 7.24. The number of nitrogens with two attached hydrogens (primary N) is 1. The average Bonchev–Trinajstić information content (AvgIpc) is 3.38. The van der Waals surface area contributed by atoms with Crippen molar-refractivity contribution in [1.29, 1.82) is 0 Å². The maximum atomic E-state index is 12.8. The van der Waals surface area contributed by atoms with E-state index < -0.39 is 16.0 Å². The van der Waals surface area contributed by atoms with E-state index in [1.165, 1.54) is 35.4 Å². The number of hydrazone groups is 1. The predicted octanol–water partition coefficient (Wildman–Crippen LogP) is 4.35. The summed E-state index contributed by atoms with van der Waals surface area (Å²) in [6.07, 6.45) is 2.90. The second-order valence-electron chi connectivity index (χ2n) is 8.40. The zero-order valence-electron chi connectivity index (χ0n) is 21.1. The van der Waals surface area contributed by atoms with E-state index in [2.05, 4.69) is 9.50 Å². The molecule has 1 unspecified atom stereocenters. The van der Waals surface area contributed by atoms with Crippen LogP contribution in [0.15, 0.2) is 105 Å². The van der Waals surface area contributed by atoms with Crippen LogP contribution in [0.5, 0.6) is 5.75 Å². The molecule has 1 atom stereocenters. The predicted molar refractivity (Wildman–Crippen MR) is 150 cm³/mol. The Bertz CT molecular complexity index is 1490. The fraction of sp³-hybridized carbons (Fsp3) is 0.179. The molecule has 0 amide bonds. The van der Waals surface area contributed by atoms with Gasteiger partial charge in [-0.25, -0.2) is 9.80 Å². The van der Waals surface area contributed by atoms with E-state index in [0.29, 0.717) is 29.6 Å². The van der Waals surface area contributed by atoms with Crippen molar-refractivity contribution in [2.24, 2.45) is 15.2 Å². The molecule has 3 aromatic carbocycles. The van der Waals surface area contributed by atoms with Gasteiger partial charge in [-0.15, -0.1) is 4.40 Å². The quantitative estimate of drug-likeness (QED) is 0.177. The van der Waals surface area contributed by atoms with Crippen LogP contribution in [0.2, 0.25) is 5.02 Å². The van der Waals surface area contributed by atoms with E-state index in [1.807, 2.05) is 42.5 Å². The fourth-order valence-corrected chi connectivity index (χ4v) is 4.93. The van der Waals surface area contributed by atoms with Crippen molar-refractivity contribution in [2.75, 3.05) is 19.8 Å². The molecule has 3 aromatic rings. The Hall–Kier alpha value is -4.15. The number of guanidine groups is 1. The highest BCUT2D eigenvalue weighted by atomic mass is 35.5. The summed E-state index contributed by atoms with van der Waals surface area (Å²) >= 11 is 5.87. The van der Waals surface area contributed by atoms with Crippen molar-refractivity contribution < 1.29 is 22.7 Å². The van der Waals surface area contributed by atoms with Crippen molar-refractivity contribution >= 4 is 39.3 Å². The summed E-state index contributed by atoms with van der Waals surface area (Å²) in [5, 5.41) is 6.46. The van der Waals surface area contributed by atoms with E-state index in [9.17, 15) is 13.2 Å². The molecule has 9 nitrogen and oxygen atoms in total. The molecule has 11 heteroatoms. The monoisotopic (exact) mass is 566 g/mol. The summed E-state index contributed by atoms with van der Waals surface area (Å²) in [5.74, 6) is -0.239. The van der Waals surface area contributed by atoms with E-state index >= 15 is 0 Å². The first-order chi connectivity index (χ1) is 18.8. The van der Waals surface area contributed by atoms with E-state index in [1.54, 1.807) is 25.1 Å². The van der Waals surface area contributed by atoms with E-state index in [4.69, 9.17) is 26.8 Å². The third-order valence-corrected chi connectivity index (χ3v) is 7.29. The average molecular weight is 567 g/mol. The van der Waals surface area contributed by atoms with Gasteiger partial charge < -0.3 is 15.2 Å². The molecule has 0 aromatic heterocycles. The molecular weight excluding hydrogens is 540 g/mol. The Labute approximate surface area is 232 Å². The van der Waals surface area contributed by atoms with Crippen LogP contribution < -0.4 is 10.5 Å². The maximum Gasteiger partial charge on any atom is 0.330 e. The van der Waals surface area contributed by atoms with E-state index in [0.717, 1.165) is 11.1 Å². The lowest BCUT2D eigenvalue weighted by atomic mass is 9.90. The number of hydrogen-bond donors (Lipinski definition) is 1. The van der Waals surface area contributed by atoms with Crippen LogP contribution >= 0.6 is 11.6 Å². The Morgan fingerprint density at radius 1 is 1.10 bits per heavy atom. The zero-order valence-corrected chi connectivity index (χ0v) is 22.7. The van der Waals surface area contributed by atoms with Gasteiger partial charge in [-0.05, 0) is 72.7 Å². The first kappa shape index (κ1) is 27.9. The van der Waals surface area contributed by atoms with Crippen molar-refractivity contribution in [3.05, 3.63) is 107 Å². The molecule has 2 N–H and O–H groups in total. The number of halogens is 1. The first-order valence-electron chi connectivity index (χ1n) is 12.1. The number of carbonyl (C=O) groups is 1. The van der Waals surface area contributed by atoms with Gasteiger partial charge in [0.1, 0.15) is 12.4 Å². The number of benzene rings is 3. The molecule has 0 aliphatic carbocycles. The number of esters is 1. The van der Waals surface area contributed by atoms with Gasteiger partial charge in [0.15, 0.2) is 0 Å². The smallest absolute Gasteiger partial charge is 0.330 e. The summed E-state index contributed by atoms with van der Waals surface area (Å²) < 4.78 is 39.9. The molecule has 0 saturated carbocycles. The SMILES string of the molecule is CCOC(=O)/C=C\COc1ccc(C2=NN(/C(N)=N/S(=O)(=O)c3ccc(Cl)cc3)CC2c2ccccc2)cc1. The molecule has 0 spiro atoms. The van der Waals surface area contributed by atoms with Gasteiger partial charge in [-0.1, -0.05) is 41.9 Å². The largest absolute Gasteiger partial charge is 0.490 e. The summed E-state index contributed by atoms with van der Waals surface area (Å²) in [6, 6.07) is 22.7. The van der Waals surface area contributed by atoms with Crippen molar-refractivity contribution in [1.82, 2.24) is 5.01 Å². The van der Waals surface area contributed by atoms with Crippen LogP contribution in [-0.4, -0.2) is 50.8 Å². The topological polar surface area (TPSA) is 124 Å².